The van der Waals surface area contributed by atoms with Gasteiger partial charge in [-0.25, -0.2) is 4.39 Å². The number of primary amides is 1. The Morgan fingerprint density at radius 1 is 1.47 bits per heavy atom. The Labute approximate surface area is 185 Å². The van der Waals surface area contributed by atoms with Gasteiger partial charge < -0.3 is 30.4 Å². The minimum absolute atomic E-state index is 0.0242. The Balaban J connectivity index is 1.86. The first-order valence-corrected chi connectivity index (χ1v) is 11.0. The maximum atomic E-state index is 15.5. The molecule has 4 N–H and O–H groups in total. The molecule has 3 aromatic rings. The number of rotatable bonds is 4. The van der Waals surface area contributed by atoms with Crippen LogP contribution in [0.25, 0.3) is 21.1 Å². The van der Waals surface area contributed by atoms with Crippen LogP contribution >= 0.6 is 11.3 Å². The molecule has 1 saturated carbocycles. The third-order valence-corrected chi connectivity index (χ3v) is 7.11. The number of nitrogens with two attached hydrogens (primary N) is 1. The number of halogens is 1. The molecule has 1 aromatic carbocycles. The molecule has 2 fully saturated rings. The number of benzene rings is 1. The number of carbonyl (C=O) groups is 1. The summed E-state index contributed by atoms with van der Waals surface area (Å²) >= 11 is 1.03. The summed E-state index contributed by atoms with van der Waals surface area (Å²) in [6, 6.07) is 2.47. The van der Waals surface area contributed by atoms with E-state index in [1.165, 1.54) is 7.11 Å². The number of nitrogens with one attached hydrogen (secondary N) is 1. The lowest BCUT2D eigenvalue weighted by atomic mass is 10.1. The number of thiophene rings is 1. The normalized spacial score (nSPS) is 18.8. The van der Waals surface area contributed by atoms with Gasteiger partial charge in [0.1, 0.15) is 32.9 Å². The average Bonchev–Trinajstić information content (AvgIpc) is 3.56. The first-order chi connectivity index (χ1) is 15.4. The molecule has 32 heavy (non-hydrogen) atoms. The van der Waals surface area contributed by atoms with E-state index in [2.05, 4.69) is 5.32 Å². The Hall–Kier alpha value is -3.36. The minimum atomic E-state index is -0.673. The third kappa shape index (κ3) is 2.91. The molecule has 2 aromatic heterocycles. The lowest BCUT2D eigenvalue weighted by Gasteiger charge is -2.35. The highest BCUT2D eigenvalue weighted by molar-refractivity contribution is 7.19. The lowest BCUT2D eigenvalue weighted by Crippen LogP contribution is -2.56. The number of carbonyl (C=O) groups excluding carboxylic acids is 1. The van der Waals surface area contributed by atoms with E-state index < -0.39 is 23.2 Å². The van der Waals surface area contributed by atoms with E-state index in [0.717, 1.165) is 30.2 Å². The van der Waals surface area contributed by atoms with Gasteiger partial charge >= 0.3 is 0 Å². The standard InChI is InChI=1S/C21H20FN5O4S/c1-31-19-15-10(6-11(22)16(19)26-5-4-25-12(8-26)20(24)30)17(28)14-18(29)13(7-23)32-21(14)27(15)9-2-3-9/h6,9,12,25,29H,2-5,8H2,1H3,(H2,24,30). The van der Waals surface area contributed by atoms with Crippen LogP contribution in [0.1, 0.15) is 23.8 Å². The highest BCUT2D eigenvalue weighted by atomic mass is 32.1. The summed E-state index contributed by atoms with van der Waals surface area (Å²) in [5, 5.41) is 23.0. The topological polar surface area (TPSA) is 134 Å². The maximum absolute atomic E-state index is 15.5. The molecule has 11 heteroatoms. The van der Waals surface area contributed by atoms with E-state index >= 15 is 4.39 Å². The van der Waals surface area contributed by atoms with E-state index in [0.29, 0.717) is 23.4 Å². The Kier molecular flexibility index (Phi) is 4.72. The van der Waals surface area contributed by atoms with Crippen LogP contribution < -0.4 is 26.1 Å². The number of fused-ring (bicyclic) bond motifs is 2. The third-order valence-electron chi connectivity index (χ3n) is 6.03. The molecule has 5 rings (SSSR count). The molecule has 0 bridgehead atoms. The number of nitriles is 1. The van der Waals surface area contributed by atoms with Gasteiger partial charge in [-0.2, -0.15) is 5.26 Å². The fraction of sp³-hybridized carbons (Fsp3) is 0.381. The SMILES string of the molecule is COc1c(N2CCNC(C(N)=O)C2)c(F)cc2c(=O)c3c(O)c(C#N)sc3n(C3CC3)c12. The fourth-order valence-electron chi connectivity index (χ4n) is 4.43. The van der Waals surface area contributed by atoms with Crippen molar-refractivity contribution in [3.05, 3.63) is 27.0 Å². The number of aromatic nitrogens is 1. The summed E-state index contributed by atoms with van der Waals surface area (Å²) in [4.78, 5) is 27.2. The number of hydrogen-bond donors (Lipinski definition) is 3. The molecule has 3 heterocycles. The summed E-state index contributed by atoms with van der Waals surface area (Å²) < 4.78 is 23.0. The van der Waals surface area contributed by atoms with Gasteiger partial charge in [-0.05, 0) is 18.9 Å². The van der Waals surface area contributed by atoms with Gasteiger partial charge in [0.2, 0.25) is 11.3 Å². The van der Waals surface area contributed by atoms with Crippen molar-refractivity contribution in [3.63, 3.8) is 0 Å². The monoisotopic (exact) mass is 457 g/mol. The zero-order valence-electron chi connectivity index (χ0n) is 17.1. The van der Waals surface area contributed by atoms with Crippen molar-refractivity contribution in [3.8, 4) is 17.6 Å². The summed E-state index contributed by atoms with van der Waals surface area (Å²) in [5.74, 6) is -1.40. The quantitative estimate of drug-likeness (QED) is 0.541. The lowest BCUT2D eigenvalue weighted by molar-refractivity contribution is -0.120. The van der Waals surface area contributed by atoms with Gasteiger partial charge in [0.05, 0.1) is 18.0 Å². The predicted molar refractivity (Wildman–Crippen MR) is 118 cm³/mol. The van der Waals surface area contributed by atoms with Crippen molar-refractivity contribution in [2.75, 3.05) is 31.6 Å². The average molecular weight is 457 g/mol. The van der Waals surface area contributed by atoms with Crippen LogP contribution in [0.5, 0.6) is 11.5 Å². The van der Waals surface area contributed by atoms with Gasteiger partial charge in [-0.3, -0.25) is 9.59 Å². The van der Waals surface area contributed by atoms with E-state index in [1.54, 1.807) is 4.90 Å². The van der Waals surface area contributed by atoms with Crippen LogP contribution in [0.4, 0.5) is 10.1 Å². The predicted octanol–water partition coefficient (Wildman–Crippen LogP) is 1.54. The van der Waals surface area contributed by atoms with E-state index in [-0.39, 0.29) is 45.4 Å². The largest absolute Gasteiger partial charge is 0.505 e. The van der Waals surface area contributed by atoms with Crippen LogP contribution in [-0.2, 0) is 4.79 Å². The highest BCUT2D eigenvalue weighted by Crippen LogP contribution is 2.48. The van der Waals surface area contributed by atoms with Crippen molar-refractivity contribution >= 4 is 44.1 Å². The number of nitrogens with zero attached hydrogens (tertiary/aromatic N) is 3. The van der Waals surface area contributed by atoms with Crippen LogP contribution in [0.2, 0.25) is 0 Å². The second kappa shape index (κ2) is 7.36. The first-order valence-electron chi connectivity index (χ1n) is 10.1. The Morgan fingerprint density at radius 3 is 2.84 bits per heavy atom. The van der Waals surface area contributed by atoms with E-state index in [1.807, 2.05) is 10.6 Å². The molecule has 1 unspecified atom stereocenters. The zero-order chi connectivity index (χ0) is 22.7. The molecule has 1 atom stereocenters. The molecule has 1 aliphatic carbocycles. The van der Waals surface area contributed by atoms with E-state index in [9.17, 15) is 20.0 Å². The van der Waals surface area contributed by atoms with Crippen LogP contribution in [0.3, 0.4) is 0 Å². The van der Waals surface area contributed by atoms with Crippen molar-refractivity contribution in [1.82, 2.24) is 9.88 Å². The molecule has 1 amide bonds. The molecular weight excluding hydrogens is 437 g/mol. The summed E-state index contributed by atoms with van der Waals surface area (Å²) in [7, 11) is 1.41. The van der Waals surface area contributed by atoms with Crippen LogP contribution in [0, 0.1) is 17.1 Å². The zero-order valence-corrected chi connectivity index (χ0v) is 18.0. The fourth-order valence-corrected chi connectivity index (χ4v) is 5.50. The molecule has 9 nitrogen and oxygen atoms in total. The minimum Gasteiger partial charge on any atom is -0.505 e. The molecule has 1 saturated heterocycles. The van der Waals surface area contributed by atoms with Crippen molar-refractivity contribution in [1.29, 1.82) is 5.26 Å². The number of piperazine rings is 1. The van der Waals surface area contributed by atoms with Gasteiger partial charge in [0.15, 0.2) is 17.3 Å². The Morgan fingerprint density at radius 2 is 2.22 bits per heavy atom. The number of methoxy groups -OCH3 is 1. The number of amides is 1. The summed E-state index contributed by atoms with van der Waals surface area (Å²) in [6.07, 6.45) is 1.70. The van der Waals surface area contributed by atoms with Crippen LogP contribution in [0.15, 0.2) is 10.9 Å². The van der Waals surface area contributed by atoms with Crippen molar-refractivity contribution in [2.45, 2.75) is 24.9 Å². The molecule has 1 aliphatic heterocycles. The summed E-state index contributed by atoms with van der Waals surface area (Å²) in [6.45, 7) is 0.992. The number of ether oxygens (including phenoxy) is 1. The number of pyridine rings is 1. The first kappa shape index (κ1) is 20.5. The maximum Gasteiger partial charge on any atom is 0.236 e. The second-order valence-electron chi connectivity index (χ2n) is 7.99. The number of hydrogen-bond acceptors (Lipinski definition) is 8. The molecular formula is C21H20FN5O4S. The molecule has 166 valence electrons. The van der Waals surface area contributed by atoms with E-state index in [4.69, 9.17) is 10.5 Å². The second-order valence-corrected chi connectivity index (χ2v) is 8.99. The van der Waals surface area contributed by atoms with Gasteiger partial charge in [-0.15, -0.1) is 11.3 Å². The van der Waals surface area contributed by atoms with Crippen LogP contribution in [-0.4, -0.2) is 48.4 Å². The van der Waals surface area contributed by atoms with Gasteiger partial charge in [0.25, 0.3) is 0 Å². The van der Waals surface area contributed by atoms with Crippen molar-refractivity contribution in [2.24, 2.45) is 5.73 Å². The van der Waals surface area contributed by atoms with Crippen molar-refractivity contribution < 1.29 is 19.0 Å². The van der Waals surface area contributed by atoms with Gasteiger partial charge in [-0.1, -0.05) is 0 Å². The number of anilines is 1. The molecule has 0 radical (unpaired) electrons. The highest BCUT2D eigenvalue weighted by Gasteiger charge is 2.34. The van der Waals surface area contributed by atoms with Gasteiger partial charge in [0, 0.05) is 25.7 Å². The molecule has 2 aliphatic rings. The number of aromatic hydroxyl groups is 1. The summed E-state index contributed by atoms with van der Waals surface area (Å²) in [5.41, 5.74) is 5.46. The Bertz CT molecular complexity index is 1390. The molecule has 0 spiro atoms. The smallest absolute Gasteiger partial charge is 0.236 e.